The molecule has 1 amide bonds. The van der Waals surface area contributed by atoms with Crippen LogP contribution < -0.4 is 4.74 Å². The van der Waals surface area contributed by atoms with Crippen LogP contribution >= 0.6 is 23.2 Å². The summed E-state index contributed by atoms with van der Waals surface area (Å²) in [7, 11) is -1.76. The molecule has 2 heterocycles. The van der Waals surface area contributed by atoms with E-state index in [-0.39, 0.29) is 28.9 Å². The summed E-state index contributed by atoms with van der Waals surface area (Å²) in [6, 6.07) is 13.9. The third kappa shape index (κ3) is 6.30. The van der Waals surface area contributed by atoms with Gasteiger partial charge in [0.05, 0.1) is 11.6 Å². The van der Waals surface area contributed by atoms with Gasteiger partial charge < -0.3 is 14.5 Å². The Morgan fingerprint density at radius 3 is 2.29 bits per heavy atom. The predicted molar refractivity (Wildman–Crippen MR) is 138 cm³/mol. The highest BCUT2D eigenvalue weighted by Crippen LogP contribution is 2.39. The average molecular weight is 541 g/mol. The Labute approximate surface area is 217 Å². The summed E-state index contributed by atoms with van der Waals surface area (Å²) >= 11 is 12.2. The van der Waals surface area contributed by atoms with Crippen LogP contribution in [0.15, 0.2) is 53.4 Å². The van der Waals surface area contributed by atoms with Crippen molar-refractivity contribution in [2.45, 2.75) is 24.2 Å². The second kappa shape index (κ2) is 11.0. The van der Waals surface area contributed by atoms with Crippen molar-refractivity contribution in [2.75, 3.05) is 52.9 Å². The van der Waals surface area contributed by atoms with Gasteiger partial charge in [0.2, 0.25) is 15.9 Å². The Hall–Kier alpha value is -1.84. The molecule has 2 saturated heterocycles. The van der Waals surface area contributed by atoms with Crippen molar-refractivity contribution in [3.8, 4) is 5.75 Å². The van der Waals surface area contributed by atoms with E-state index in [4.69, 9.17) is 27.9 Å². The SMILES string of the molecule is CN1CCN(C(=O)CC2(COc3ccccc3)CCN(S(=O)(=O)c3cc(Cl)ccc3Cl)CC2)CC1. The van der Waals surface area contributed by atoms with Crippen molar-refractivity contribution in [3.63, 3.8) is 0 Å². The van der Waals surface area contributed by atoms with E-state index < -0.39 is 15.4 Å². The summed E-state index contributed by atoms with van der Waals surface area (Å²) < 4.78 is 34.2. The molecule has 2 aromatic rings. The molecule has 0 N–H and O–H groups in total. The maximum absolute atomic E-state index is 13.3. The second-order valence-electron chi connectivity index (χ2n) is 9.44. The maximum atomic E-state index is 13.3. The summed E-state index contributed by atoms with van der Waals surface area (Å²) in [5, 5.41) is 0.456. The Kier molecular flexibility index (Phi) is 8.28. The molecule has 0 radical (unpaired) electrons. The van der Waals surface area contributed by atoms with Crippen LogP contribution in [0.2, 0.25) is 10.0 Å². The van der Waals surface area contributed by atoms with Gasteiger partial charge in [-0.25, -0.2) is 8.42 Å². The molecule has 35 heavy (non-hydrogen) atoms. The quantitative estimate of drug-likeness (QED) is 0.531. The van der Waals surface area contributed by atoms with Crippen molar-refractivity contribution in [1.29, 1.82) is 0 Å². The number of carbonyl (C=O) groups excluding carboxylic acids is 1. The minimum absolute atomic E-state index is 0.00761. The van der Waals surface area contributed by atoms with Gasteiger partial charge in [-0.2, -0.15) is 4.31 Å². The molecular weight excluding hydrogens is 509 g/mol. The lowest BCUT2D eigenvalue weighted by Gasteiger charge is -2.42. The number of sulfonamides is 1. The normalized spacial score (nSPS) is 19.5. The van der Waals surface area contributed by atoms with Gasteiger partial charge in [-0.15, -0.1) is 0 Å². The first-order valence-corrected chi connectivity index (χ1v) is 14.0. The lowest BCUT2D eigenvalue weighted by molar-refractivity contribution is -0.136. The largest absolute Gasteiger partial charge is 0.493 e. The van der Waals surface area contributed by atoms with Crippen molar-refractivity contribution in [3.05, 3.63) is 58.6 Å². The summed E-state index contributed by atoms with van der Waals surface area (Å²) in [6.07, 6.45) is 1.35. The van der Waals surface area contributed by atoms with E-state index in [1.54, 1.807) is 6.07 Å². The van der Waals surface area contributed by atoms with E-state index in [9.17, 15) is 13.2 Å². The number of piperazine rings is 1. The molecule has 0 atom stereocenters. The number of benzene rings is 2. The lowest BCUT2D eigenvalue weighted by Crippen LogP contribution is -2.51. The van der Waals surface area contributed by atoms with Crippen LogP contribution in [0.25, 0.3) is 0 Å². The molecule has 10 heteroatoms. The average Bonchev–Trinajstić information content (AvgIpc) is 2.85. The molecule has 7 nitrogen and oxygen atoms in total. The maximum Gasteiger partial charge on any atom is 0.244 e. The van der Waals surface area contributed by atoms with E-state index >= 15 is 0 Å². The molecule has 2 fully saturated rings. The van der Waals surface area contributed by atoms with Crippen LogP contribution in [0.3, 0.4) is 0 Å². The van der Waals surface area contributed by atoms with Gasteiger partial charge in [-0.1, -0.05) is 41.4 Å². The third-order valence-electron chi connectivity index (χ3n) is 6.96. The summed E-state index contributed by atoms with van der Waals surface area (Å²) in [6.45, 7) is 4.02. The van der Waals surface area contributed by atoms with Crippen molar-refractivity contribution >= 4 is 39.1 Å². The van der Waals surface area contributed by atoms with Gasteiger partial charge in [-0.3, -0.25) is 4.79 Å². The lowest BCUT2D eigenvalue weighted by atomic mass is 9.76. The van der Waals surface area contributed by atoms with Crippen molar-refractivity contribution < 1.29 is 17.9 Å². The van der Waals surface area contributed by atoms with E-state index in [1.807, 2.05) is 35.2 Å². The first-order chi connectivity index (χ1) is 16.7. The fourth-order valence-electron chi connectivity index (χ4n) is 4.63. The van der Waals surface area contributed by atoms with E-state index in [2.05, 4.69) is 11.9 Å². The van der Waals surface area contributed by atoms with Crippen LogP contribution in [0.5, 0.6) is 5.75 Å². The van der Waals surface area contributed by atoms with Crippen LogP contribution in [0, 0.1) is 5.41 Å². The van der Waals surface area contributed by atoms with Crippen molar-refractivity contribution in [2.24, 2.45) is 5.41 Å². The molecule has 2 aliphatic rings. The summed E-state index contributed by atoms with van der Waals surface area (Å²) in [4.78, 5) is 17.4. The molecule has 0 unspecified atom stereocenters. The number of hydrogen-bond donors (Lipinski definition) is 0. The first kappa shape index (κ1) is 26.2. The predicted octanol–water partition coefficient (Wildman–Crippen LogP) is 4.01. The Morgan fingerprint density at radius 1 is 0.971 bits per heavy atom. The number of ether oxygens (including phenoxy) is 1. The number of rotatable bonds is 7. The molecule has 0 spiro atoms. The number of halogens is 2. The Balaban J connectivity index is 1.50. The fourth-order valence-corrected chi connectivity index (χ4v) is 6.81. The van der Waals surface area contributed by atoms with Gasteiger partial charge in [0.25, 0.3) is 0 Å². The highest BCUT2D eigenvalue weighted by atomic mass is 35.5. The zero-order valence-electron chi connectivity index (χ0n) is 19.8. The number of nitrogens with zero attached hydrogens (tertiary/aromatic N) is 3. The van der Waals surface area contributed by atoms with E-state index in [0.717, 1.165) is 18.8 Å². The molecular formula is C25H31Cl2N3O4S. The molecule has 0 saturated carbocycles. The number of likely N-dealkylation sites (N-methyl/N-ethyl adjacent to an activating group) is 1. The minimum atomic E-state index is -3.81. The number of para-hydroxylation sites is 1. The number of amides is 1. The summed E-state index contributed by atoms with van der Waals surface area (Å²) in [5.41, 5.74) is -0.458. The Bertz CT molecular complexity index is 1130. The highest BCUT2D eigenvalue weighted by Gasteiger charge is 2.42. The zero-order chi connectivity index (χ0) is 25.1. The molecule has 190 valence electrons. The topological polar surface area (TPSA) is 70.2 Å². The van der Waals surface area contributed by atoms with E-state index in [1.165, 1.54) is 16.4 Å². The van der Waals surface area contributed by atoms with Crippen molar-refractivity contribution in [1.82, 2.24) is 14.1 Å². The number of carbonyl (C=O) groups is 1. The highest BCUT2D eigenvalue weighted by molar-refractivity contribution is 7.89. The van der Waals surface area contributed by atoms with Gasteiger partial charge in [0, 0.05) is 56.1 Å². The molecule has 0 aliphatic carbocycles. The van der Waals surface area contributed by atoms with Crippen LogP contribution in [-0.2, 0) is 14.8 Å². The smallest absolute Gasteiger partial charge is 0.244 e. The first-order valence-electron chi connectivity index (χ1n) is 11.8. The Morgan fingerprint density at radius 2 is 1.63 bits per heavy atom. The van der Waals surface area contributed by atoms with E-state index in [0.29, 0.717) is 44.0 Å². The fraction of sp³-hybridized carbons (Fsp3) is 0.480. The zero-order valence-corrected chi connectivity index (χ0v) is 22.2. The third-order valence-corrected chi connectivity index (χ3v) is 9.58. The van der Waals surface area contributed by atoms with Gasteiger partial charge >= 0.3 is 0 Å². The van der Waals surface area contributed by atoms with Crippen LogP contribution in [-0.4, -0.2) is 81.4 Å². The number of piperidine rings is 1. The number of hydrogen-bond acceptors (Lipinski definition) is 5. The van der Waals surface area contributed by atoms with Crippen LogP contribution in [0.4, 0.5) is 0 Å². The van der Waals surface area contributed by atoms with Gasteiger partial charge in [0.1, 0.15) is 10.6 Å². The molecule has 0 aromatic heterocycles. The van der Waals surface area contributed by atoms with Gasteiger partial charge in [-0.05, 0) is 50.2 Å². The molecule has 4 rings (SSSR count). The standard InChI is InChI=1S/C25H31Cl2N3O4S/c1-28-13-15-29(16-14-28)24(31)18-25(19-34-21-5-3-2-4-6-21)9-11-30(12-10-25)35(32,33)23-17-20(26)7-8-22(23)27/h2-8,17H,9-16,18-19H2,1H3. The monoisotopic (exact) mass is 539 g/mol. The second-order valence-corrected chi connectivity index (χ2v) is 12.2. The molecule has 2 aliphatic heterocycles. The van der Waals surface area contributed by atoms with Crippen LogP contribution in [0.1, 0.15) is 19.3 Å². The summed E-state index contributed by atoms with van der Waals surface area (Å²) in [5.74, 6) is 0.837. The minimum Gasteiger partial charge on any atom is -0.493 e. The van der Waals surface area contributed by atoms with Gasteiger partial charge in [0.15, 0.2) is 0 Å². The molecule has 0 bridgehead atoms. The molecule has 2 aromatic carbocycles.